The highest BCUT2D eigenvalue weighted by atomic mass is 79.9. The van der Waals surface area contributed by atoms with Crippen LogP contribution in [0.25, 0.3) is 0 Å². The van der Waals surface area contributed by atoms with E-state index >= 15 is 0 Å². The maximum atomic E-state index is 13.7. The van der Waals surface area contributed by atoms with Crippen molar-refractivity contribution in [3.63, 3.8) is 0 Å². The molecule has 0 aliphatic rings. The van der Waals surface area contributed by atoms with E-state index in [-0.39, 0.29) is 17.6 Å². The van der Waals surface area contributed by atoms with Gasteiger partial charge in [-0.15, -0.1) is 0 Å². The van der Waals surface area contributed by atoms with Gasteiger partial charge in [0, 0.05) is 16.1 Å². The topological polar surface area (TPSA) is 21.3 Å². The fraction of sp³-hybridized carbons (Fsp3) is 0.294. The van der Waals surface area contributed by atoms with Gasteiger partial charge in [-0.2, -0.15) is 0 Å². The van der Waals surface area contributed by atoms with Gasteiger partial charge >= 0.3 is 0 Å². The lowest BCUT2D eigenvalue weighted by molar-refractivity contribution is 0.429. The molecular formula is C17H19BrFNO. The first kappa shape index (κ1) is 16.0. The molecule has 1 unspecified atom stereocenters. The van der Waals surface area contributed by atoms with Crippen LogP contribution >= 0.6 is 15.9 Å². The number of hydrogen-bond acceptors (Lipinski definition) is 2. The molecule has 1 N–H and O–H groups in total. The van der Waals surface area contributed by atoms with Crippen molar-refractivity contribution in [3.8, 4) is 11.5 Å². The number of nitrogens with one attached hydrogen (secondary N) is 1. The zero-order valence-corrected chi connectivity index (χ0v) is 13.8. The largest absolute Gasteiger partial charge is 0.454 e. The minimum Gasteiger partial charge on any atom is -0.454 e. The summed E-state index contributed by atoms with van der Waals surface area (Å²) in [6.45, 7) is 5.12. The van der Waals surface area contributed by atoms with Crippen LogP contribution < -0.4 is 10.1 Å². The second-order valence-electron chi connectivity index (χ2n) is 4.89. The summed E-state index contributed by atoms with van der Waals surface area (Å²) in [6.07, 6.45) is 1.06. The van der Waals surface area contributed by atoms with E-state index in [9.17, 15) is 4.39 Å². The zero-order chi connectivity index (χ0) is 15.2. The third-order valence-electron chi connectivity index (χ3n) is 3.20. The Balaban J connectivity index is 2.28. The van der Waals surface area contributed by atoms with Gasteiger partial charge in [0.1, 0.15) is 5.75 Å². The van der Waals surface area contributed by atoms with Gasteiger partial charge in [-0.1, -0.05) is 35.0 Å². The molecule has 0 aliphatic heterocycles. The first-order valence-corrected chi connectivity index (χ1v) is 7.86. The molecule has 2 nitrogen and oxygen atoms in total. The maximum absolute atomic E-state index is 13.7. The smallest absolute Gasteiger partial charge is 0.165 e. The van der Waals surface area contributed by atoms with Crippen LogP contribution in [0.3, 0.4) is 0 Å². The van der Waals surface area contributed by atoms with Crippen molar-refractivity contribution in [1.29, 1.82) is 0 Å². The molecule has 1 atom stereocenters. The van der Waals surface area contributed by atoms with Crippen molar-refractivity contribution in [3.05, 3.63) is 58.3 Å². The van der Waals surface area contributed by atoms with E-state index in [2.05, 4.69) is 35.1 Å². The average Bonchev–Trinajstić information content (AvgIpc) is 2.48. The molecule has 0 saturated carbocycles. The Morgan fingerprint density at radius 3 is 2.67 bits per heavy atom. The number of rotatable bonds is 6. The van der Waals surface area contributed by atoms with E-state index in [1.54, 1.807) is 18.2 Å². The van der Waals surface area contributed by atoms with Gasteiger partial charge in [-0.05, 0) is 50.2 Å². The van der Waals surface area contributed by atoms with Crippen molar-refractivity contribution in [2.75, 3.05) is 6.54 Å². The van der Waals surface area contributed by atoms with Crippen LogP contribution in [0.5, 0.6) is 11.5 Å². The summed E-state index contributed by atoms with van der Waals surface area (Å²) >= 11 is 3.48. The van der Waals surface area contributed by atoms with E-state index in [1.165, 1.54) is 6.07 Å². The number of halogens is 2. The van der Waals surface area contributed by atoms with Crippen LogP contribution in [-0.2, 0) is 0 Å². The molecule has 0 fully saturated rings. The molecule has 0 amide bonds. The van der Waals surface area contributed by atoms with Gasteiger partial charge in [-0.3, -0.25) is 0 Å². The maximum Gasteiger partial charge on any atom is 0.165 e. The van der Waals surface area contributed by atoms with Crippen molar-refractivity contribution in [1.82, 2.24) is 5.32 Å². The molecular weight excluding hydrogens is 333 g/mol. The van der Waals surface area contributed by atoms with Gasteiger partial charge in [0.25, 0.3) is 0 Å². The molecule has 0 heterocycles. The van der Waals surface area contributed by atoms with Crippen LogP contribution in [0.15, 0.2) is 46.9 Å². The van der Waals surface area contributed by atoms with Gasteiger partial charge in [0.05, 0.1) is 0 Å². The first-order valence-electron chi connectivity index (χ1n) is 7.07. The normalized spacial score (nSPS) is 12.2. The number of ether oxygens (including phenoxy) is 1. The summed E-state index contributed by atoms with van der Waals surface area (Å²) in [5.74, 6) is 0.545. The lowest BCUT2D eigenvalue weighted by Gasteiger charge is -2.18. The van der Waals surface area contributed by atoms with Crippen LogP contribution in [0.2, 0.25) is 0 Å². The van der Waals surface area contributed by atoms with E-state index < -0.39 is 0 Å². The number of para-hydroxylation sites is 1. The molecule has 0 aliphatic carbocycles. The molecule has 2 aromatic carbocycles. The molecule has 0 radical (unpaired) electrons. The third kappa shape index (κ3) is 4.29. The summed E-state index contributed by atoms with van der Waals surface area (Å²) in [5.41, 5.74) is 1.00. The molecule has 4 heteroatoms. The standard InChI is InChI=1S/C17H19BrFNO/c1-3-10-20-12(2)14-11-13(18)8-9-16(14)21-17-7-5-4-6-15(17)19/h4-9,11-12,20H,3,10H2,1-2H3. The van der Waals surface area contributed by atoms with Crippen molar-refractivity contribution in [2.45, 2.75) is 26.3 Å². The second kappa shape index (κ2) is 7.57. The SMILES string of the molecule is CCCNC(C)c1cc(Br)ccc1Oc1ccccc1F. The Morgan fingerprint density at radius 1 is 1.19 bits per heavy atom. The Kier molecular flexibility index (Phi) is 5.76. The zero-order valence-electron chi connectivity index (χ0n) is 12.2. The number of benzene rings is 2. The summed E-state index contributed by atoms with van der Waals surface area (Å²) < 4.78 is 20.5. The summed E-state index contributed by atoms with van der Waals surface area (Å²) in [5, 5.41) is 3.42. The minimum absolute atomic E-state index is 0.129. The van der Waals surface area contributed by atoms with Crippen molar-refractivity contribution in [2.24, 2.45) is 0 Å². The third-order valence-corrected chi connectivity index (χ3v) is 3.69. The molecule has 112 valence electrons. The van der Waals surface area contributed by atoms with Crippen LogP contribution in [0, 0.1) is 5.82 Å². The first-order chi connectivity index (χ1) is 10.1. The van der Waals surface area contributed by atoms with E-state index in [1.807, 2.05) is 18.2 Å². The molecule has 2 aromatic rings. The molecule has 0 saturated heterocycles. The Morgan fingerprint density at radius 2 is 1.95 bits per heavy atom. The summed E-state index contributed by atoms with van der Waals surface area (Å²) in [6, 6.07) is 12.3. The highest BCUT2D eigenvalue weighted by Gasteiger charge is 2.14. The number of hydrogen-bond donors (Lipinski definition) is 1. The van der Waals surface area contributed by atoms with Crippen LogP contribution in [0.1, 0.15) is 31.9 Å². The van der Waals surface area contributed by atoms with Crippen molar-refractivity contribution >= 4 is 15.9 Å². The van der Waals surface area contributed by atoms with E-state index in [4.69, 9.17) is 4.74 Å². The average molecular weight is 352 g/mol. The summed E-state index contributed by atoms with van der Waals surface area (Å²) in [4.78, 5) is 0. The quantitative estimate of drug-likeness (QED) is 0.747. The predicted octanol–water partition coefficient (Wildman–Crippen LogP) is 5.44. The monoisotopic (exact) mass is 351 g/mol. The van der Waals surface area contributed by atoms with Gasteiger partial charge in [0.2, 0.25) is 0 Å². The van der Waals surface area contributed by atoms with Gasteiger partial charge in [0.15, 0.2) is 11.6 Å². The summed E-state index contributed by atoms with van der Waals surface area (Å²) in [7, 11) is 0. The molecule has 21 heavy (non-hydrogen) atoms. The Hall–Kier alpha value is -1.39. The van der Waals surface area contributed by atoms with E-state index in [0.717, 1.165) is 23.0 Å². The van der Waals surface area contributed by atoms with Gasteiger partial charge in [-0.25, -0.2) is 4.39 Å². The van der Waals surface area contributed by atoms with Crippen LogP contribution in [0.4, 0.5) is 4.39 Å². The molecule has 0 aromatic heterocycles. The highest BCUT2D eigenvalue weighted by molar-refractivity contribution is 9.10. The lowest BCUT2D eigenvalue weighted by atomic mass is 10.1. The second-order valence-corrected chi connectivity index (χ2v) is 5.81. The molecule has 2 rings (SSSR count). The van der Waals surface area contributed by atoms with E-state index in [0.29, 0.717) is 5.75 Å². The molecule has 0 spiro atoms. The predicted molar refractivity (Wildman–Crippen MR) is 87.3 cm³/mol. The fourth-order valence-electron chi connectivity index (χ4n) is 2.07. The Labute approximate surface area is 133 Å². The Bertz CT molecular complexity index is 603. The fourth-order valence-corrected chi connectivity index (χ4v) is 2.45. The van der Waals surface area contributed by atoms with Crippen LogP contribution in [-0.4, -0.2) is 6.54 Å². The minimum atomic E-state index is -0.361. The lowest BCUT2D eigenvalue weighted by Crippen LogP contribution is -2.19. The van der Waals surface area contributed by atoms with Crippen molar-refractivity contribution < 1.29 is 9.13 Å². The highest BCUT2D eigenvalue weighted by Crippen LogP contribution is 2.33. The van der Waals surface area contributed by atoms with Gasteiger partial charge < -0.3 is 10.1 Å². The molecule has 0 bridgehead atoms.